The van der Waals surface area contributed by atoms with Crippen molar-refractivity contribution in [1.82, 2.24) is 0 Å². The van der Waals surface area contributed by atoms with E-state index in [0.29, 0.717) is 38.6 Å². The van der Waals surface area contributed by atoms with Crippen molar-refractivity contribution in [3.8, 4) is 0 Å². The molecule has 0 aliphatic carbocycles. The third-order valence-electron chi connectivity index (χ3n) is 4.12. The number of rotatable bonds is 16. The molecule has 6 nitrogen and oxygen atoms in total. The molecule has 7 heteroatoms. The second-order valence-electron chi connectivity index (χ2n) is 6.18. The Morgan fingerprint density at radius 3 is 2.00 bits per heavy atom. The quantitative estimate of drug-likeness (QED) is 0.240. The maximum absolute atomic E-state index is 10.7. The zero-order valence-corrected chi connectivity index (χ0v) is 18.2. The van der Waals surface area contributed by atoms with Crippen LogP contribution in [-0.2, 0) is 18.0 Å². The number of ether oxygens (including phenoxy) is 1. The lowest BCUT2D eigenvalue weighted by molar-refractivity contribution is 0.0658. The molecule has 0 aliphatic heterocycles. The Kier molecular flexibility index (Phi) is 12.2. The first-order chi connectivity index (χ1) is 13.1. The molecule has 27 heavy (non-hydrogen) atoms. The molecule has 154 valence electrons. The van der Waals surface area contributed by atoms with Crippen LogP contribution in [0.1, 0.15) is 44.0 Å². The molecule has 1 rings (SSSR count). The molecule has 0 aliphatic rings. The molecule has 0 fully saturated rings. The van der Waals surface area contributed by atoms with E-state index in [1.165, 1.54) is 0 Å². The fourth-order valence-electron chi connectivity index (χ4n) is 2.83. The van der Waals surface area contributed by atoms with Crippen molar-refractivity contribution in [2.75, 3.05) is 51.5 Å². The highest BCUT2D eigenvalue weighted by molar-refractivity contribution is 6.60. The SMILES string of the molecule is CCO[Si](CCCOCCCN(C)c1ccc(C=O)cc1)(OCC)OCC. The van der Waals surface area contributed by atoms with Gasteiger partial charge in [-0.2, -0.15) is 0 Å². The van der Waals surface area contributed by atoms with Gasteiger partial charge in [0, 0.05) is 63.9 Å². The van der Waals surface area contributed by atoms with Gasteiger partial charge in [0.1, 0.15) is 6.29 Å². The van der Waals surface area contributed by atoms with E-state index in [0.717, 1.165) is 37.4 Å². The number of carbonyl (C=O) groups is 1. The van der Waals surface area contributed by atoms with Crippen LogP contribution in [0.2, 0.25) is 6.04 Å². The molecule has 1 aromatic rings. The van der Waals surface area contributed by atoms with E-state index in [9.17, 15) is 4.79 Å². The largest absolute Gasteiger partial charge is 0.501 e. The highest BCUT2D eigenvalue weighted by Gasteiger charge is 2.39. The van der Waals surface area contributed by atoms with E-state index in [1.807, 2.05) is 52.1 Å². The summed E-state index contributed by atoms with van der Waals surface area (Å²) in [6.45, 7) is 10.0. The predicted molar refractivity (Wildman–Crippen MR) is 111 cm³/mol. The van der Waals surface area contributed by atoms with Crippen LogP contribution in [0.25, 0.3) is 0 Å². The van der Waals surface area contributed by atoms with Crippen LogP contribution in [0.3, 0.4) is 0 Å². The molecule has 0 aromatic heterocycles. The minimum Gasteiger partial charge on any atom is -0.381 e. The van der Waals surface area contributed by atoms with E-state index in [4.69, 9.17) is 18.0 Å². The third-order valence-corrected chi connectivity index (χ3v) is 7.27. The summed E-state index contributed by atoms with van der Waals surface area (Å²) >= 11 is 0. The second kappa shape index (κ2) is 13.8. The van der Waals surface area contributed by atoms with Crippen molar-refractivity contribution in [1.29, 1.82) is 0 Å². The van der Waals surface area contributed by atoms with Crippen LogP contribution >= 0.6 is 0 Å². The van der Waals surface area contributed by atoms with Crippen LogP contribution in [0, 0.1) is 0 Å². The monoisotopic (exact) mass is 397 g/mol. The van der Waals surface area contributed by atoms with E-state index < -0.39 is 8.80 Å². The molecule has 0 atom stereocenters. The number of carbonyl (C=O) groups excluding carboxylic acids is 1. The Morgan fingerprint density at radius 1 is 0.926 bits per heavy atom. The minimum atomic E-state index is -2.55. The number of anilines is 1. The first-order valence-corrected chi connectivity index (χ1v) is 11.8. The Labute approximate surface area is 165 Å². The van der Waals surface area contributed by atoms with Crippen molar-refractivity contribution >= 4 is 20.8 Å². The van der Waals surface area contributed by atoms with E-state index in [-0.39, 0.29) is 0 Å². The summed E-state index contributed by atoms with van der Waals surface area (Å²) in [5.74, 6) is 0. The molecule has 0 radical (unpaired) electrons. The van der Waals surface area contributed by atoms with Crippen molar-refractivity contribution < 1.29 is 22.8 Å². The predicted octanol–water partition coefficient (Wildman–Crippen LogP) is 3.78. The fraction of sp³-hybridized carbons (Fsp3) is 0.650. The van der Waals surface area contributed by atoms with Crippen molar-refractivity contribution in [3.05, 3.63) is 29.8 Å². The first kappa shape index (κ1) is 23.8. The van der Waals surface area contributed by atoms with Gasteiger partial charge in [-0.1, -0.05) is 0 Å². The van der Waals surface area contributed by atoms with Gasteiger partial charge in [0.25, 0.3) is 0 Å². The van der Waals surface area contributed by atoms with Crippen LogP contribution in [0.5, 0.6) is 0 Å². The van der Waals surface area contributed by atoms with Gasteiger partial charge in [0.2, 0.25) is 0 Å². The highest BCUT2D eigenvalue weighted by atomic mass is 28.4. The van der Waals surface area contributed by atoms with Crippen LogP contribution in [0.15, 0.2) is 24.3 Å². The fourth-order valence-corrected chi connectivity index (χ4v) is 5.41. The summed E-state index contributed by atoms with van der Waals surface area (Å²) in [4.78, 5) is 12.9. The molecule has 0 bridgehead atoms. The smallest absolute Gasteiger partial charge is 0.381 e. The average Bonchev–Trinajstić information content (AvgIpc) is 2.68. The maximum Gasteiger partial charge on any atom is 0.501 e. The lowest BCUT2D eigenvalue weighted by Gasteiger charge is -2.28. The van der Waals surface area contributed by atoms with Gasteiger partial charge in [0.15, 0.2) is 0 Å². The van der Waals surface area contributed by atoms with Gasteiger partial charge >= 0.3 is 8.80 Å². The van der Waals surface area contributed by atoms with Crippen LogP contribution in [0.4, 0.5) is 5.69 Å². The summed E-state index contributed by atoms with van der Waals surface area (Å²) in [5, 5.41) is 0. The highest BCUT2D eigenvalue weighted by Crippen LogP contribution is 2.18. The Hall–Kier alpha value is -1.25. The average molecular weight is 398 g/mol. The Balaban J connectivity index is 2.23. The molecule has 1 aromatic carbocycles. The second-order valence-corrected chi connectivity index (χ2v) is 8.91. The number of hydrogen-bond acceptors (Lipinski definition) is 6. The summed E-state index contributed by atoms with van der Waals surface area (Å²) in [6, 6.07) is 8.38. The molecule has 0 N–H and O–H groups in total. The zero-order chi connectivity index (χ0) is 20.0. The van der Waals surface area contributed by atoms with Gasteiger partial charge in [0.05, 0.1) is 0 Å². The molecular formula is C20H35NO5Si. The van der Waals surface area contributed by atoms with E-state index >= 15 is 0 Å². The Bertz CT molecular complexity index is 495. The number of nitrogens with zero attached hydrogens (tertiary/aromatic N) is 1. The molecular weight excluding hydrogens is 362 g/mol. The summed E-state index contributed by atoms with van der Waals surface area (Å²) in [7, 11) is -0.503. The van der Waals surface area contributed by atoms with Crippen molar-refractivity contribution in [2.45, 2.75) is 39.7 Å². The molecule has 0 saturated heterocycles. The van der Waals surface area contributed by atoms with Crippen molar-refractivity contribution in [3.63, 3.8) is 0 Å². The topological polar surface area (TPSA) is 57.2 Å². The number of aldehydes is 1. The normalized spacial score (nSPS) is 11.6. The lowest BCUT2D eigenvalue weighted by Crippen LogP contribution is -2.46. The van der Waals surface area contributed by atoms with Gasteiger partial charge < -0.3 is 22.9 Å². The zero-order valence-electron chi connectivity index (χ0n) is 17.2. The first-order valence-electron chi connectivity index (χ1n) is 9.86. The van der Waals surface area contributed by atoms with Gasteiger partial charge in [-0.3, -0.25) is 4.79 Å². The molecule has 0 unspecified atom stereocenters. The van der Waals surface area contributed by atoms with Gasteiger partial charge in [-0.25, -0.2) is 0 Å². The minimum absolute atomic E-state index is 0.604. The van der Waals surface area contributed by atoms with Gasteiger partial charge in [-0.05, 0) is 57.9 Å². The number of benzene rings is 1. The Morgan fingerprint density at radius 2 is 1.48 bits per heavy atom. The maximum atomic E-state index is 10.7. The molecule has 0 heterocycles. The van der Waals surface area contributed by atoms with Crippen LogP contribution < -0.4 is 4.90 Å². The summed E-state index contributed by atoms with van der Waals surface area (Å²) in [6.07, 6.45) is 2.67. The molecule has 0 spiro atoms. The van der Waals surface area contributed by atoms with Gasteiger partial charge in [-0.15, -0.1) is 0 Å². The lowest BCUT2D eigenvalue weighted by atomic mass is 10.2. The van der Waals surface area contributed by atoms with Crippen molar-refractivity contribution in [2.24, 2.45) is 0 Å². The summed E-state index contributed by atoms with van der Waals surface area (Å²) < 4.78 is 23.3. The standard InChI is InChI=1S/C20H35NO5Si/c1-5-24-27(25-6-2,26-7-3)17-9-16-23-15-8-14-21(4)20-12-10-19(18-22)11-13-20/h10-13,18H,5-9,14-17H2,1-4H3. The summed E-state index contributed by atoms with van der Waals surface area (Å²) in [5.41, 5.74) is 1.79. The molecule has 0 saturated carbocycles. The van der Waals surface area contributed by atoms with E-state index in [2.05, 4.69) is 4.90 Å². The van der Waals surface area contributed by atoms with Crippen LogP contribution in [-0.4, -0.2) is 61.7 Å². The van der Waals surface area contributed by atoms with E-state index in [1.54, 1.807) is 0 Å². The third kappa shape index (κ3) is 8.99. The molecule has 0 amide bonds. The number of hydrogen-bond donors (Lipinski definition) is 0.